The lowest BCUT2D eigenvalue weighted by molar-refractivity contribution is 0.855. The zero-order valence-electron chi connectivity index (χ0n) is 7.89. The summed E-state index contributed by atoms with van der Waals surface area (Å²) in [5.74, 6) is 0.647. The van der Waals surface area contributed by atoms with Crippen molar-refractivity contribution in [3.05, 3.63) is 34.9 Å². The molecule has 12 heavy (non-hydrogen) atoms. The average Bonchev–Trinajstić information content (AvgIpc) is 2.03. The summed E-state index contributed by atoms with van der Waals surface area (Å²) < 4.78 is 1.11. The second-order valence-corrected chi connectivity index (χ2v) is 4.24. The summed E-state index contributed by atoms with van der Waals surface area (Å²) in [4.78, 5) is 0. The van der Waals surface area contributed by atoms with Crippen molar-refractivity contribution in [2.45, 2.75) is 31.1 Å². The predicted molar refractivity (Wildman–Crippen MR) is 63.0 cm³/mol. The number of hydrogen-bond donors (Lipinski definition) is 0. The smallest absolute Gasteiger partial charge is 0.0247 e. The predicted octanol–water partition coefficient (Wildman–Crippen LogP) is 4.05. The Bertz CT molecular complexity index is 264. The maximum atomic E-state index is 2.40. The first-order chi connectivity index (χ1) is 5.65. The van der Waals surface area contributed by atoms with E-state index in [-0.39, 0.29) is 0 Å². The zero-order chi connectivity index (χ0) is 9.14. The Balaban J connectivity index is 3.03. The molecule has 0 amide bonds. The molecule has 0 aliphatic heterocycles. The van der Waals surface area contributed by atoms with Gasteiger partial charge in [0.25, 0.3) is 0 Å². The van der Waals surface area contributed by atoms with Crippen molar-refractivity contribution in [3.8, 4) is 0 Å². The third-order valence-electron chi connectivity index (χ3n) is 2.11. The number of alkyl halides is 1. The molecule has 1 rings (SSSR count). The number of halogens is 1. The molecule has 0 nitrogen and oxygen atoms in total. The standard InChI is InChI=1S/C11H15I/c1-8(2)11-5-4-10(7-12)6-9(11)3/h4-6,8H,7H2,1-3H3. The minimum absolute atomic E-state index is 0.647. The summed E-state index contributed by atoms with van der Waals surface area (Å²) in [5, 5.41) is 0. The van der Waals surface area contributed by atoms with Crippen LogP contribution in [0.5, 0.6) is 0 Å². The van der Waals surface area contributed by atoms with E-state index in [4.69, 9.17) is 0 Å². The maximum absolute atomic E-state index is 2.40. The average molecular weight is 274 g/mol. The van der Waals surface area contributed by atoms with Gasteiger partial charge in [0.2, 0.25) is 0 Å². The molecule has 0 N–H and O–H groups in total. The summed E-state index contributed by atoms with van der Waals surface area (Å²) in [6.45, 7) is 6.68. The van der Waals surface area contributed by atoms with E-state index >= 15 is 0 Å². The van der Waals surface area contributed by atoms with Crippen LogP contribution in [0.2, 0.25) is 0 Å². The molecule has 0 aromatic heterocycles. The molecular weight excluding hydrogens is 259 g/mol. The van der Waals surface area contributed by atoms with Gasteiger partial charge in [0.05, 0.1) is 0 Å². The third kappa shape index (κ3) is 2.22. The number of rotatable bonds is 2. The van der Waals surface area contributed by atoms with Crippen molar-refractivity contribution in [1.29, 1.82) is 0 Å². The van der Waals surface area contributed by atoms with Gasteiger partial charge in [-0.1, -0.05) is 54.6 Å². The van der Waals surface area contributed by atoms with Crippen LogP contribution in [0.25, 0.3) is 0 Å². The van der Waals surface area contributed by atoms with Crippen molar-refractivity contribution in [3.63, 3.8) is 0 Å². The highest BCUT2D eigenvalue weighted by atomic mass is 127. The molecule has 0 heterocycles. The second-order valence-electron chi connectivity index (χ2n) is 3.48. The highest BCUT2D eigenvalue weighted by Crippen LogP contribution is 2.20. The molecule has 0 saturated heterocycles. The van der Waals surface area contributed by atoms with Gasteiger partial charge in [-0.2, -0.15) is 0 Å². The lowest BCUT2D eigenvalue weighted by atomic mass is 9.97. The van der Waals surface area contributed by atoms with Crippen LogP contribution in [0.3, 0.4) is 0 Å². The number of hydrogen-bond acceptors (Lipinski definition) is 0. The fourth-order valence-corrected chi connectivity index (χ4v) is 1.94. The Morgan fingerprint density at radius 2 is 2.00 bits per heavy atom. The van der Waals surface area contributed by atoms with Gasteiger partial charge in [0.1, 0.15) is 0 Å². The van der Waals surface area contributed by atoms with Crippen molar-refractivity contribution in [2.75, 3.05) is 0 Å². The second kappa shape index (κ2) is 4.26. The summed E-state index contributed by atoms with van der Waals surface area (Å²) in [5.41, 5.74) is 4.33. The largest absolute Gasteiger partial charge is 0.0812 e. The van der Waals surface area contributed by atoms with Crippen molar-refractivity contribution < 1.29 is 0 Å². The van der Waals surface area contributed by atoms with Gasteiger partial charge in [-0.25, -0.2) is 0 Å². The lowest BCUT2D eigenvalue weighted by Crippen LogP contribution is -1.92. The molecule has 1 aromatic rings. The monoisotopic (exact) mass is 274 g/mol. The molecule has 0 fully saturated rings. The minimum Gasteiger partial charge on any atom is -0.0812 e. The Labute approximate surface area is 88.5 Å². The third-order valence-corrected chi connectivity index (χ3v) is 2.99. The Morgan fingerprint density at radius 3 is 2.42 bits per heavy atom. The van der Waals surface area contributed by atoms with Crippen LogP contribution in [0.1, 0.15) is 36.5 Å². The van der Waals surface area contributed by atoms with Gasteiger partial charge in [-0.05, 0) is 29.5 Å². The molecular formula is C11H15I. The molecule has 1 aromatic carbocycles. The normalized spacial score (nSPS) is 10.8. The molecule has 1 heteroatoms. The summed E-state index contributed by atoms with van der Waals surface area (Å²) >= 11 is 2.40. The van der Waals surface area contributed by atoms with E-state index in [1.807, 2.05) is 0 Å². The van der Waals surface area contributed by atoms with Crippen LogP contribution in [0.15, 0.2) is 18.2 Å². The van der Waals surface area contributed by atoms with E-state index in [9.17, 15) is 0 Å². The van der Waals surface area contributed by atoms with Gasteiger partial charge in [0, 0.05) is 4.43 Å². The van der Waals surface area contributed by atoms with Crippen LogP contribution >= 0.6 is 22.6 Å². The molecule has 0 saturated carbocycles. The highest BCUT2D eigenvalue weighted by Gasteiger charge is 2.02. The van der Waals surface area contributed by atoms with Crippen molar-refractivity contribution in [1.82, 2.24) is 0 Å². The quantitative estimate of drug-likeness (QED) is 0.563. The van der Waals surface area contributed by atoms with Crippen molar-refractivity contribution in [2.24, 2.45) is 0 Å². The Kier molecular flexibility index (Phi) is 3.56. The first-order valence-corrected chi connectivity index (χ1v) is 5.83. The van der Waals surface area contributed by atoms with Gasteiger partial charge in [0.15, 0.2) is 0 Å². The molecule has 0 atom stereocenters. The molecule has 0 spiro atoms. The van der Waals surface area contributed by atoms with Gasteiger partial charge in [-0.3, -0.25) is 0 Å². The van der Waals surface area contributed by atoms with E-state index in [1.165, 1.54) is 16.7 Å². The first-order valence-electron chi connectivity index (χ1n) is 4.30. The van der Waals surface area contributed by atoms with E-state index in [0.29, 0.717) is 5.92 Å². The van der Waals surface area contributed by atoms with Crippen LogP contribution in [0, 0.1) is 6.92 Å². The molecule has 0 bridgehead atoms. The van der Waals surface area contributed by atoms with Crippen molar-refractivity contribution >= 4 is 22.6 Å². The van der Waals surface area contributed by atoms with Gasteiger partial charge in [-0.15, -0.1) is 0 Å². The zero-order valence-corrected chi connectivity index (χ0v) is 10.1. The fourth-order valence-electron chi connectivity index (χ4n) is 1.47. The molecule has 0 radical (unpaired) electrons. The van der Waals surface area contributed by atoms with Crippen LogP contribution < -0.4 is 0 Å². The van der Waals surface area contributed by atoms with E-state index in [0.717, 1.165) is 4.43 Å². The van der Waals surface area contributed by atoms with Gasteiger partial charge >= 0.3 is 0 Å². The summed E-state index contributed by atoms with van der Waals surface area (Å²) in [6.07, 6.45) is 0. The van der Waals surface area contributed by atoms with Gasteiger partial charge < -0.3 is 0 Å². The van der Waals surface area contributed by atoms with E-state index in [2.05, 4.69) is 61.6 Å². The fraction of sp³-hybridized carbons (Fsp3) is 0.455. The van der Waals surface area contributed by atoms with E-state index in [1.54, 1.807) is 0 Å². The molecule has 66 valence electrons. The summed E-state index contributed by atoms with van der Waals surface area (Å²) in [7, 11) is 0. The topological polar surface area (TPSA) is 0 Å². The maximum Gasteiger partial charge on any atom is 0.0247 e. The molecule has 0 unspecified atom stereocenters. The minimum atomic E-state index is 0.647. The SMILES string of the molecule is Cc1cc(CI)ccc1C(C)C. The lowest BCUT2D eigenvalue weighted by Gasteiger charge is -2.10. The first kappa shape index (κ1) is 10.0. The number of benzene rings is 1. The molecule has 0 aliphatic rings. The Hall–Kier alpha value is -0.0500. The number of aryl methyl sites for hydroxylation is 1. The van der Waals surface area contributed by atoms with Crippen LogP contribution in [-0.2, 0) is 4.43 Å². The highest BCUT2D eigenvalue weighted by molar-refractivity contribution is 14.1. The summed E-state index contributed by atoms with van der Waals surface area (Å²) in [6, 6.07) is 6.78. The molecule has 0 aliphatic carbocycles. The van der Waals surface area contributed by atoms with Crippen LogP contribution in [-0.4, -0.2) is 0 Å². The van der Waals surface area contributed by atoms with E-state index < -0.39 is 0 Å². The Morgan fingerprint density at radius 1 is 1.33 bits per heavy atom. The van der Waals surface area contributed by atoms with Crippen LogP contribution in [0.4, 0.5) is 0 Å².